The zero-order valence-electron chi connectivity index (χ0n) is 9.73. The molecule has 0 unspecified atom stereocenters. The summed E-state index contributed by atoms with van der Waals surface area (Å²) in [6, 6.07) is 7.29. The number of hydrogen-bond acceptors (Lipinski definition) is 4. The van der Waals surface area contributed by atoms with Crippen LogP contribution in [0.5, 0.6) is 0 Å². The summed E-state index contributed by atoms with van der Waals surface area (Å²) in [4.78, 5) is 18.3. The number of anilines is 1. The Morgan fingerprint density at radius 3 is 2.67 bits per heavy atom. The van der Waals surface area contributed by atoms with E-state index >= 15 is 0 Å². The van der Waals surface area contributed by atoms with E-state index in [4.69, 9.17) is 10.2 Å². The number of hydrogen-bond donors (Lipinski definition) is 2. The number of furan rings is 1. The molecular weight excluding hydrogens is 230 g/mol. The normalized spacial score (nSPS) is 10.9. The van der Waals surface area contributed by atoms with Gasteiger partial charge in [-0.05, 0) is 31.2 Å². The first-order valence-corrected chi connectivity index (χ1v) is 5.49. The maximum atomic E-state index is 11.7. The highest BCUT2D eigenvalue weighted by molar-refractivity contribution is 5.84. The SMILES string of the molecule is Cc1c(-c2ccc(N)cc2)oc2nc[nH]c(=O)c12. The van der Waals surface area contributed by atoms with Crippen molar-refractivity contribution in [2.75, 3.05) is 5.73 Å². The van der Waals surface area contributed by atoms with Gasteiger partial charge in [-0.3, -0.25) is 4.79 Å². The first-order valence-electron chi connectivity index (χ1n) is 5.49. The molecule has 0 aliphatic heterocycles. The van der Waals surface area contributed by atoms with E-state index in [1.165, 1.54) is 6.33 Å². The topological polar surface area (TPSA) is 84.9 Å². The van der Waals surface area contributed by atoms with Gasteiger partial charge in [-0.2, -0.15) is 0 Å². The van der Waals surface area contributed by atoms with Gasteiger partial charge < -0.3 is 15.1 Å². The van der Waals surface area contributed by atoms with Crippen molar-refractivity contribution in [2.45, 2.75) is 6.92 Å². The molecule has 0 saturated carbocycles. The summed E-state index contributed by atoms with van der Waals surface area (Å²) in [5.41, 5.74) is 8.14. The van der Waals surface area contributed by atoms with Crippen molar-refractivity contribution in [1.29, 1.82) is 0 Å². The number of nitrogens with two attached hydrogens (primary N) is 1. The lowest BCUT2D eigenvalue weighted by Gasteiger charge is -1.98. The zero-order chi connectivity index (χ0) is 12.7. The largest absolute Gasteiger partial charge is 0.437 e. The van der Waals surface area contributed by atoms with Crippen molar-refractivity contribution >= 4 is 16.8 Å². The highest BCUT2D eigenvalue weighted by atomic mass is 16.3. The predicted molar refractivity (Wildman–Crippen MR) is 69.2 cm³/mol. The van der Waals surface area contributed by atoms with Crippen LogP contribution in [0.15, 0.2) is 39.8 Å². The molecular formula is C13H11N3O2. The van der Waals surface area contributed by atoms with Crippen LogP contribution in [0.3, 0.4) is 0 Å². The van der Waals surface area contributed by atoms with E-state index in [9.17, 15) is 4.79 Å². The fourth-order valence-corrected chi connectivity index (χ4v) is 1.99. The van der Waals surface area contributed by atoms with Gasteiger partial charge in [0.15, 0.2) is 0 Å². The maximum Gasteiger partial charge on any atom is 0.262 e. The summed E-state index contributed by atoms with van der Waals surface area (Å²) in [5, 5.41) is 0.490. The van der Waals surface area contributed by atoms with Crippen LogP contribution in [0.25, 0.3) is 22.4 Å². The number of nitrogens with one attached hydrogen (secondary N) is 1. The van der Waals surface area contributed by atoms with E-state index in [2.05, 4.69) is 9.97 Å². The summed E-state index contributed by atoms with van der Waals surface area (Å²) in [6.45, 7) is 1.84. The van der Waals surface area contributed by atoms with Crippen LogP contribution in [0.1, 0.15) is 5.56 Å². The Morgan fingerprint density at radius 2 is 2.00 bits per heavy atom. The summed E-state index contributed by atoms with van der Waals surface area (Å²) in [6.07, 6.45) is 1.33. The molecule has 3 rings (SSSR count). The number of aromatic nitrogens is 2. The quantitative estimate of drug-likeness (QED) is 0.639. The van der Waals surface area contributed by atoms with E-state index in [-0.39, 0.29) is 5.56 Å². The Balaban J connectivity index is 2.30. The molecule has 5 nitrogen and oxygen atoms in total. The third kappa shape index (κ3) is 1.48. The van der Waals surface area contributed by atoms with Gasteiger partial charge in [0.2, 0.25) is 5.71 Å². The van der Waals surface area contributed by atoms with Gasteiger partial charge in [0.1, 0.15) is 11.1 Å². The van der Waals surface area contributed by atoms with Crippen LogP contribution in [-0.2, 0) is 0 Å². The molecule has 2 heterocycles. The number of benzene rings is 1. The first kappa shape index (κ1) is 10.6. The minimum absolute atomic E-state index is 0.192. The van der Waals surface area contributed by atoms with Crippen molar-refractivity contribution in [1.82, 2.24) is 9.97 Å². The van der Waals surface area contributed by atoms with Gasteiger partial charge in [0.25, 0.3) is 5.56 Å². The van der Waals surface area contributed by atoms with Crippen molar-refractivity contribution in [3.63, 3.8) is 0 Å². The first-order chi connectivity index (χ1) is 8.66. The third-order valence-electron chi connectivity index (χ3n) is 2.91. The molecule has 18 heavy (non-hydrogen) atoms. The van der Waals surface area contributed by atoms with Crippen LogP contribution in [-0.4, -0.2) is 9.97 Å². The standard InChI is InChI=1S/C13H11N3O2/c1-7-10-12(17)15-6-16-13(10)18-11(7)8-2-4-9(14)5-3-8/h2-6H,14H2,1H3,(H,15,16,17). The summed E-state index contributed by atoms with van der Waals surface area (Å²) in [7, 11) is 0. The van der Waals surface area contributed by atoms with E-state index in [0.29, 0.717) is 22.5 Å². The average molecular weight is 241 g/mol. The molecule has 0 bridgehead atoms. The number of H-pyrrole nitrogens is 1. The Kier molecular flexibility index (Phi) is 2.19. The van der Waals surface area contributed by atoms with Crippen molar-refractivity contribution in [3.05, 3.63) is 46.5 Å². The Morgan fingerprint density at radius 1 is 1.28 bits per heavy atom. The number of aryl methyl sites for hydroxylation is 1. The maximum absolute atomic E-state index is 11.7. The van der Waals surface area contributed by atoms with E-state index in [1.54, 1.807) is 12.1 Å². The fraction of sp³-hybridized carbons (Fsp3) is 0.0769. The van der Waals surface area contributed by atoms with Crippen LogP contribution >= 0.6 is 0 Å². The number of fused-ring (bicyclic) bond motifs is 1. The Hall–Kier alpha value is -2.56. The minimum Gasteiger partial charge on any atom is -0.437 e. The number of nitrogen functional groups attached to an aromatic ring is 1. The molecule has 0 aliphatic carbocycles. The Labute approximate surface area is 102 Å². The summed E-state index contributed by atoms with van der Waals surface area (Å²) in [5.74, 6) is 0.647. The lowest BCUT2D eigenvalue weighted by molar-refractivity contribution is 0.615. The van der Waals surface area contributed by atoms with Gasteiger partial charge in [0.05, 0.1) is 6.33 Å². The second-order valence-electron chi connectivity index (χ2n) is 4.09. The molecule has 0 aliphatic rings. The van der Waals surface area contributed by atoms with E-state index in [0.717, 1.165) is 11.1 Å². The number of aromatic amines is 1. The average Bonchev–Trinajstić information content (AvgIpc) is 2.69. The van der Waals surface area contributed by atoms with Crippen LogP contribution in [0.2, 0.25) is 0 Å². The molecule has 0 fully saturated rings. The molecule has 3 aromatic rings. The second-order valence-corrected chi connectivity index (χ2v) is 4.09. The predicted octanol–water partition coefficient (Wildman–Crippen LogP) is 2.07. The van der Waals surface area contributed by atoms with Crippen LogP contribution in [0.4, 0.5) is 5.69 Å². The summed E-state index contributed by atoms with van der Waals surface area (Å²) < 4.78 is 5.63. The molecule has 0 spiro atoms. The second kappa shape index (κ2) is 3.73. The van der Waals surface area contributed by atoms with E-state index < -0.39 is 0 Å². The minimum atomic E-state index is -0.192. The highest BCUT2D eigenvalue weighted by Gasteiger charge is 2.15. The zero-order valence-corrected chi connectivity index (χ0v) is 9.73. The third-order valence-corrected chi connectivity index (χ3v) is 2.91. The van der Waals surface area contributed by atoms with Gasteiger partial charge in [0, 0.05) is 16.8 Å². The van der Waals surface area contributed by atoms with Crippen LogP contribution < -0.4 is 11.3 Å². The number of rotatable bonds is 1. The molecule has 90 valence electrons. The lowest BCUT2D eigenvalue weighted by atomic mass is 10.1. The van der Waals surface area contributed by atoms with Crippen molar-refractivity contribution in [2.24, 2.45) is 0 Å². The molecule has 0 saturated heterocycles. The van der Waals surface area contributed by atoms with E-state index in [1.807, 2.05) is 19.1 Å². The van der Waals surface area contributed by atoms with Crippen molar-refractivity contribution < 1.29 is 4.42 Å². The molecule has 0 amide bonds. The lowest BCUT2D eigenvalue weighted by Crippen LogP contribution is -2.05. The molecule has 0 radical (unpaired) electrons. The monoisotopic (exact) mass is 241 g/mol. The van der Waals surface area contributed by atoms with Crippen molar-refractivity contribution in [3.8, 4) is 11.3 Å². The Bertz CT molecular complexity index is 769. The molecule has 2 aromatic heterocycles. The number of nitrogens with zero attached hydrogens (tertiary/aromatic N) is 1. The van der Waals surface area contributed by atoms with Gasteiger partial charge in [-0.25, -0.2) is 4.98 Å². The van der Waals surface area contributed by atoms with Crippen LogP contribution in [0, 0.1) is 6.92 Å². The highest BCUT2D eigenvalue weighted by Crippen LogP contribution is 2.30. The smallest absolute Gasteiger partial charge is 0.262 e. The molecule has 5 heteroatoms. The summed E-state index contributed by atoms with van der Waals surface area (Å²) >= 11 is 0. The molecule has 1 aromatic carbocycles. The van der Waals surface area contributed by atoms with Gasteiger partial charge in [-0.15, -0.1) is 0 Å². The van der Waals surface area contributed by atoms with Gasteiger partial charge >= 0.3 is 0 Å². The molecule has 0 atom stereocenters. The molecule has 3 N–H and O–H groups in total. The fourth-order valence-electron chi connectivity index (χ4n) is 1.99. The van der Waals surface area contributed by atoms with Gasteiger partial charge in [-0.1, -0.05) is 0 Å².